The Morgan fingerprint density at radius 1 is 1.75 bits per heavy atom. The molecule has 0 aliphatic rings. The van der Waals surface area contributed by atoms with E-state index in [1.165, 1.54) is 12.3 Å². The Bertz CT molecular complexity index is 442. The standard InChI is InChI=1S/C10H9ClN2O3/c1-2-7(5-14)13-9-8(10(15)16)3-6(11)4-12-9/h1,3-4,7,14H,5H2,(H,12,13)(H,15,16). The number of pyridine rings is 1. The molecule has 1 atom stereocenters. The number of nitrogens with zero attached hydrogens (tertiary/aromatic N) is 1. The van der Waals surface area contributed by atoms with Gasteiger partial charge in [0.2, 0.25) is 0 Å². The van der Waals surface area contributed by atoms with E-state index < -0.39 is 12.0 Å². The number of carbonyl (C=O) groups is 1. The number of aromatic nitrogens is 1. The summed E-state index contributed by atoms with van der Waals surface area (Å²) in [6.45, 7) is -0.320. The smallest absolute Gasteiger partial charge is 0.339 e. The molecule has 0 spiro atoms. The molecular formula is C10H9ClN2O3. The molecule has 1 unspecified atom stereocenters. The molecule has 0 fully saturated rings. The minimum atomic E-state index is -1.17. The number of aliphatic hydroxyl groups excluding tert-OH is 1. The summed E-state index contributed by atoms with van der Waals surface area (Å²) in [7, 11) is 0. The predicted octanol–water partition coefficient (Wildman–Crippen LogP) is 0.839. The predicted molar refractivity (Wildman–Crippen MR) is 59.5 cm³/mol. The molecule has 0 saturated carbocycles. The summed E-state index contributed by atoms with van der Waals surface area (Å²) in [6, 6.07) is 0.566. The van der Waals surface area contributed by atoms with E-state index in [0.29, 0.717) is 0 Å². The summed E-state index contributed by atoms with van der Waals surface area (Å²) in [5.41, 5.74) is -0.0961. The fraction of sp³-hybridized carbons (Fsp3) is 0.200. The number of terminal acetylenes is 1. The lowest BCUT2D eigenvalue weighted by molar-refractivity contribution is 0.0697. The highest BCUT2D eigenvalue weighted by atomic mass is 35.5. The first-order valence-electron chi connectivity index (χ1n) is 4.31. The number of nitrogens with one attached hydrogen (secondary N) is 1. The maximum absolute atomic E-state index is 10.9. The fourth-order valence-corrected chi connectivity index (χ4v) is 1.18. The number of halogens is 1. The highest BCUT2D eigenvalue weighted by molar-refractivity contribution is 6.30. The number of aliphatic hydroxyl groups is 1. The van der Waals surface area contributed by atoms with Gasteiger partial charge in [0.1, 0.15) is 17.4 Å². The van der Waals surface area contributed by atoms with Crippen molar-refractivity contribution in [1.29, 1.82) is 0 Å². The van der Waals surface area contributed by atoms with Crippen molar-refractivity contribution in [3.05, 3.63) is 22.8 Å². The van der Waals surface area contributed by atoms with Crippen LogP contribution in [0.25, 0.3) is 0 Å². The third-order valence-corrected chi connectivity index (χ3v) is 1.99. The van der Waals surface area contributed by atoms with Crippen molar-refractivity contribution in [3.63, 3.8) is 0 Å². The lowest BCUT2D eigenvalue weighted by Gasteiger charge is -2.12. The molecule has 5 nitrogen and oxygen atoms in total. The van der Waals surface area contributed by atoms with Crippen LogP contribution in [0.5, 0.6) is 0 Å². The van der Waals surface area contributed by atoms with E-state index in [2.05, 4.69) is 16.2 Å². The van der Waals surface area contributed by atoms with Gasteiger partial charge in [0, 0.05) is 6.20 Å². The molecule has 0 aromatic carbocycles. The molecule has 0 radical (unpaired) electrons. The average Bonchev–Trinajstić information content (AvgIpc) is 2.27. The fourth-order valence-electron chi connectivity index (χ4n) is 1.02. The van der Waals surface area contributed by atoms with Crippen LogP contribution in [0, 0.1) is 12.3 Å². The maximum Gasteiger partial charge on any atom is 0.339 e. The molecule has 1 aromatic rings. The minimum absolute atomic E-state index is 0.0777. The van der Waals surface area contributed by atoms with Crippen molar-refractivity contribution in [2.45, 2.75) is 6.04 Å². The molecular weight excluding hydrogens is 232 g/mol. The van der Waals surface area contributed by atoms with Crippen molar-refractivity contribution in [1.82, 2.24) is 4.98 Å². The summed E-state index contributed by atoms with van der Waals surface area (Å²) >= 11 is 5.62. The van der Waals surface area contributed by atoms with E-state index in [1.807, 2.05) is 0 Å². The van der Waals surface area contributed by atoms with Gasteiger partial charge in [-0.2, -0.15) is 0 Å². The van der Waals surface area contributed by atoms with Crippen molar-refractivity contribution in [2.75, 3.05) is 11.9 Å². The second kappa shape index (κ2) is 5.35. The van der Waals surface area contributed by atoms with Gasteiger partial charge in [-0.1, -0.05) is 17.5 Å². The summed E-state index contributed by atoms with van der Waals surface area (Å²) in [4.78, 5) is 14.7. The molecule has 6 heteroatoms. The molecule has 0 aliphatic carbocycles. The van der Waals surface area contributed by atoms with Gasteiger partial charge >= 0.3 is 5.97 Å². The van der Waals surface area contributed by atoms with Gasteiger partial charge in [-0.15, -0.1) is 6.42 Å². The number of carboxylic acid groups (broad SMARTS) is 1. The molecule has 3 N–H and O–H groups in total. The quantitative estimate of drug-likeness (QED) is 0.680. The Labute approximate surface area is 97.1 Å². The Balaban J connectivity index is 3.04. The first kappa shape index (κ1) is 12.3. The zero-order chi connectivity index (χ0) is 12.1. The number of hydrogen-bond donors (Lipinski definition) is 3. The lowest BCUT2D eigenvalue weighted by atomic mass is 10.2. The van der Waals surface area contributed by atoms with Crippen LogP contribution in [0.2, 0.25) is 5.02 Å². The number of anilines is 1. The average molecular weight is 241 g/mol. The maximum atomic E-state index is 10.9. The Morgan fingerprint density at radius 3 is 2.94 bits per heavy atom. The molecule has 1 aromatic heterocycles. The highest BCUT2D eigenvalue weighted by Gasteiger charge is 2.14. The van der Waals surface area contributed by atoms with Crippen LogP contribution in [0.3, 0.4) is 0 Å². The number of hydrogen-bond acceptors (Lipinski definition) is 4. The van der Waals surface area contributed by atoms with Crippen LogP contribution in [-0.2, 0) is 0 Å². The van der Waals surface area contributed by atoms with Crippen LogP contribution in [0.15, 0.2) is 12.3 Å². The van der Waals surface area contributed by atoms with E-state index in [0.717, 1.165) is 0 Å². The molecule has 0 saturated heterocycles. The van der Waals surface area contributed by atoms with Crippen LogP contribution in [0.4, 0.5) is 5.82 Å². The number of carboxylic acids is 1. The molecule has 0 amide bonds. The Morgan fingerprint density at radius 2 is 2.44 bits per heavy atom. The Hall–Kier alpha value is -1.77. The summed E-state index contributed by atoms with van der Waals surface area (Å²) in [5, 5.41) is 20.6. The van der Waals surface area contributed by atoms with Gasteiger partial charge < -0.3 is 15.5 Å². The third kappa shape index (κ3) is 2.86. The zero-order valence-electron chi connectivity index (χ0n) is 8.14. The second-order valence-electron chi connectivity index (χ2n) is 2.90. The number of rotatable bonds is 4. The lowest BCUT2D eigenvalue weighted by Crippen LogP contribution is -2.23. The molecule has 0 aliphatic heterocycles. The first-order valence-corrected chi connectivity index (χ1v) is 4.68. The van der Waals surface area contributed by atoms with E-state index in [-0.39, 0.29) is 23.0 Å². The van der Waals surface area contributed by atoms with Gasteiger partial charge in [-0.05, 0) is 6.07 Å². The monoisotopic (exact) mass is 240 g/mol. The summed E-state index contributed by atoms with van der Waals surface area (Å²) in [5.74, 6) is 1.16. The largest absolute Gasteiger partial charge is 0.478 e. The molecule has 0 bridgehead atoms. The normalized spacial score (nSPS) is 11.6. The summed E-state index contributed by atoms with van der Waals surface area (Å²) in [6.07, 6.45) is 6.41. The topological polar surface area (TPSA) is 82.5 Å². The Kier molecular flexibility index (Phi) is 4.11. The third-order valence-electron chi connectivity index (χ3n) is 1.78. The molecule has 1 rings (SSSR count). The van der Waals surface area contributed by atoms with Crippen LogP contribution >= 0.6 is 11.6 Å². The SMILES string of the molecule is C#CC(CO)Nc1ncc(Cl)cc1C(=O)O. The van der Waals surface area contributed by atoms with Gasteiger partial charge in [0.15, 0.2) is 0 Å². The van der Waals surface area contributed by atoms with E-state index in [1.54, 1.807) is 0 Å². The van der Waals surface area contributed by atoms with Crippen molar-refractivity contribution < 1.29 is 15.0 Å². The van der Waals surface area contributed by atoms with Crippen LogP contribution < -0.4 is 5.32 Å². The van der Waals surface area contributed by atoms with Crippen LogP contribution in [-0.4, -0.2) is 33.8 Å². The van der Waals surface area contributed by atoms with Gasteiger partial charge in [0.25, 0.3) is 0 Å². The molecule has 16 heavy (non-hydrogen) atoms. The first-order chi connectivity index (χ1) is 7.58. The van der Waals surface area contributed by atoms with Crippen LogP contribution in [0.1, 0.15) is 10.4 Å². The van der Waals surface area contributed by atoms with E-state index >= 15 is 0 Å². The minimum Gasteiger partial charge on any atom is -0.478 e. The van der Waals surface area contributed by atoms with Crippen molar-refractivity contribution in [2.24, 2.45) is 0 Å². The van der Waals surface area contributed by atoms with Gasteiger partial charge in [-0.25, -0.2) is 9.78 Å². The molecule has 1 heterocycles. The second-order valence-corrected chi connectivity index (χ2v) is 3.34. The number of aromatic carboxylic acids is 1. The van der Waals surface area contributed by atoms with Crippen molar-refractivity contribution in [3.8, 4) is 12.3 Å². The van der Waals surface area contributed by atoms with E-state index in [9.17, 15) is 4.79 Å². The summed E-state index contributed by atoms with van der Waals surface area (Å²) < 4.78 is 0. The zero-order valence-corrected chi connectivity index (χ0v) is 8.90. The van der Waals surface area contributed by atoms with Gasteiger partial charge in [-0.3, -0.25) is 0 Å². The molecule has 84 valence electrons. The van der Waals surface area contributed by atoms with Gasteiger partial charge in [0.05, 0.1) is 11.6 Å². The van der Waals surface area contributed by atoms with E-state index in [4.69, 9.17) is 28.2 Å². The highest BCUT2D eigenvalue weighted by Crippen LogP contribution is 2.18. The van der Waals surface area contributed by atoms with Crippen molar-refractivity contribution >= 4 is 23.4 Å².